The van der Waals surface area contributed by atoms with E-state index in [1.807, 2.05) is 74.5 Å². The maximum absolute atomic E-state index is 14.5. The van der Waals surface area contributed by atoms with Gasteiger partial charge in [0.2, 0.25) is 6.79 Å². The van der Waals surface area contributed by atoms with Crippen LogP contribution in [0.1, 0.15) is 56.0 Å². The predicted octanol–water partition coefficient (Wildman–Crippen LogP) is 7.14. The van der Waals surface area contributed by atoms with Crippen molar-refractivity contribution < 1.29 is 33.6 Å². The maximum Gasteiger partial charge on any atom is 0.323 e. The minimum absolute atomic E-state index is 0.0730. The minimum Gasteiger partial charge on any atom is -0.490 e. The number of hydrogen-bond acceptors (Lipinski definition) is 8. The molecule has 2 heterocycles. The molecule has 0 saturated heterocycles. The molecule has 276 valence electrons. The van der Waals surface area contributed by atoms with E-state index in [2.05, 4.69) is 29.5 Å². The van der Waals surface area contributed by atoms with Gasteiger partial charge in [0.1, 0.15) is 5.75 Å². The number of ether oxygens (including phenoxy) is 4. The Morgan fingerprint density at radius 3 is 2.60 bits per heavy atom. The molecule has 4 atom stereocenters. The fourth-order valence-corrected chi connectivity index (χ4v) is 6.80. The zero-order valence-electron chi connectivity index (χ0n) is 30.5. The second kappa shape index (κ2) is 17.1. The molecule has 6 rings (SSSR count). The Kier molecular flexibility index (Phi) is 12.2. The van der Waals surface area contributed by atoms with Crippen molar-refractivity contribution in [1.82, 2.24) is 9.80 Å². The molecule has 4 aromatic carbocycles. The molecular formula is C41H50N4O7. The monoisotopic (exact) mass is 710 g/mol. The van der Waals surface area contributed by atoms with Crippen molar-refractivity contribution in [2.75, 3.05) is 50.8 Å². The minimum atomic E-state index is -0.480. The first-order valence-corrected chi connectivity index (χ1v) is 18.2. The Labute approximate surface area is 305 Å². The Balaban J connectivity index is 1.22. The normalized spacial score (nSPS) is 20.2. The molecule has 0 aromatic heterocycles. The molecule has 0 aliphatic carbocycles. The van der Waals surface area contributed by atoms with Crippen LogP contribution in [-0.2, 0) is 11.3 Å². The molecule has 2 aliphatic heterocycles. The number of fused-ring (bicyclic) bond motifs is 3. The van der Waals surface area contributed by atoms with Crippen LogP contribution in [0.25, 0.3) is 10.8 Å². The van der Waals surface area contributed by atoms with E-state index in [0.29, 0.717) is 48.9 Å². The smallest absolute Gasteiger partial charge is 0.323 e. The summed E-state index contributed by atoms with van der Waals surface area (Å²) in [6, 6.07) is 23.8. The molecule has 0 bridgehead atoms. The molecule has 11 heteroatoms. The van der Waals surface area contributed by atoms with Crippen molar-refractivity contribution in [3.63, 3.8) is 0 Å². The van der Waals surface area contributed by atoms with E-state index in [-0.39, 0.29) is 37.4 Å². The van der Waals surface area contributed by atoms with E-state index < -0.39 is 12.1 Å². The summed E-state index contributed by atoms with van der Waals surface area (Å²) in [6.45, 7) is 8.19. The average molecular weight is 711 g/mol. The van der Waals surface area contributed by atoms with Crippen molar-refractivity contribution >= 4 is 34.1 Å². The van der Waals surface area contributed by atoms with Crippen LogP contribution in [0, 0.1) is 5.92 Å². The SMILES string of the molecule is C[C@H](CO)N1C[C@H](C)[C@H](CN(C)Cc2ccc3c(c2)OCO3)OCCCC[C@H](C)Oc2ccc(NC(=O)Nc3cccc4ccccc34)cc2C1=O. The molecule has 4 aromatic rings. The van der Waals surface area contributed by atoms with Gasteiger partial charge in [-0.15, -0.1) is 0 Å². The van der Waals surface area contributed by atoms with Crippen LogP contribution in [0.4, 0.5) is 16.2 Å². The Bertz CT molecular complexity index is 1850. The van der Waals surface area contributed by atoms with Crippen LogP contribution in [0.5, 0.6) is 17.2 Å². The quantitative estimate of drug-likeness (QED) is 0.177. The van der Waals surface area contributed by atoms with E-state index in [1.54, 1.807) is 23.1 Å². The number of rotatable bonds is 8. The van der Waals surface area contributed by atoms with Crippen LogP contribution >= 0.6 is 0 Å². The molecule has 2 aliphatic rings. The fourth-order valence-electron chi connectivity index (χ4n) is 6.80. The molecule has 0 spiro atoms. The first-order chi connectivity index (χ1) is 25.2. The van der Waals surface area contributed by atoms with Gasteiger partial charge in [0.05, 0.1) is 36.1 Å². The topological polar surface area (TPSA) is 122 Å². The van der Waals surface area contributed by atoms with Crippen LogP contribution in [0.3, 0.4) is 0 Å². The van der Waals surface area contributed by atoms with Crippen molar-refractivity contribution in [3.05, 3.63) is 90.0 Å². The highest BCUT2D eigenvalue weighted by atomic mass is 16.7. The van der Waals surface area contributed by atoms with Crippen LogP contribution in [-0.4, -0.2) is 85.2 Å². The molecule has 3 N–H and O–H groups in total. The summed E-state index contributed by atoms with van der Waals surface area (Å²) in [5, 5.41) is 18.1. The number of carbonyl (C=O) groups excluding carboxylic acids is 2. The number of anilines is 2. The summed E-state index contributed by atoms with van der Waals surface area (Å²) < 4.78 is 24.0. The number of nitrogens with zero attached hydrogens (tertiary/aromatic N) is 2. The lowest BCUT2D eigenvalue weighted by molar-refractivity contribution is -0.0177. The molecule has 0 radical (unpaired) electrons. The molecule has 52 heavy (non-hydrogen) atoms. The number of aliphatic hydroxyl groups excluding tert-OH is 1. The van der Waals surface area contributed by atoms with Crippen LogP contribution < -0.4 is 24.8 Å². The zero-order chi connectivity index (χ0) is 36.6. The van der Waals surface area contributed by atoms with Gasteiger partial charge in [0.15, 0.2) is 11.5 Å². The first kappa shape index (κ1) is 36.9. The second-order valence-electron chi connectivity index (χ2n) is 14.0. The predicted molar refractivity (Wildman–Crippen MR) is 202 cm³/mol. The number of aliphatic hydroxyl groups is 1. The van der Waals surface area contributed by atoms with E-state index in [1.165, 1.54) is 0 Å². The third-order valence-corrected chi connectivity index (χ3v) is 9.73. The van der Waals surface area contributed by atoms with Gasteiger partial charge in [-0.05, 0) is 87.5 Å². The number of likely N-dealkylation sites (N-methyl/N-ethyl adjacent to an activating group) is 1. The van der Waals surface area contributed by atoms with Gasteiger partial charge < -0.3 is 39.6 Å². The fraction of sp³-hybridized carbons (Fsp3) is 0.415. The summed E-state index contributed by atoms with van der Waals surface area (Å²) >= 11 is 0. The van der Waals surface area contributed by atoms with Crippen LogP contribution in [0.2, 0.25) is 0 Å². The van der Waals surface area contributed by atoms with Gasteiger partial charge >= 0.3 is 6.03 Å². The number of nitrogens with one attached hydrogen (secondary N) is 2. The summed E-state index contributed by atoms with van der Waals surface area (Å²) in [7, 11) is 2.06. The lowest BCUT2D eigenvalue weighted by atomic mass is 10.0. The van der Waals surface area contributed by atoms with E-state index in [9.17, 15) is 14.7 Å². The van der Waals surface area contributed by atoms with E-state index in [0.717, 1.165) is 47.1 Å². The number of amides is 3. The molecular weight excluding hydrogens is 660 g/mol. The number of urea groups is 1. The molecule has 11 nitrogen and oxygen atoms in total. The third kappa shape index (κ3) is 9.14. The van der Waals surface area contributed by atoms with Crippen molar-refractivity contribution in [2.45, 2.75) is 64.8 Å². The summed E-state index contributed by atoms with van der Waals surface area (Å²) in [6.07, 6.45) is 2.22. The highest BCUT2D eigenvalue weighted by molar-refractivity contribution is 6.07. The zero-order valence-corrected chi connectivity index (χ0v) is 30.5. The number of hydrogen-bond donors (Lipinski definition) is 3. The van der Waals surface area contributed by atoms with Gasteiger partial charge in [-0.1, -0.05) is 49.4 Å². The van der Waals surface area contributed by atoms with Crippen molar-refractivity contribution in [3.8, 4) is 17.2 Å². The van der Waals surface area contributed by atoms with E-state index >= 15 is 0 Å². The highest BCUT2D eigenvalue weighted by Crippen LogP contribution is 2.33. The van der Waals surface area contributed by atoms with E-state index in [4.69, 9.17) is 18.9 Å². The van der Waals surface area contributed by atoms with Gasteiger partial charge in [-0.3, -0.25) is 9.69 Å². The number of benzene rings is 4. The molecule has 0 saturated carbocycles. The standard InChI is InChI=1S/C41H50N4O7/c1-27-22-45(28(2)25-46)40(47)34-21-32(42-41(48)43-35-14-9-12-31-11-5-6-13-33(31)35)16-18-36(34)52-29(3)10-7-8-19-49-39(27)24-44(4)23-30-15-17-37-38(20-30)51-26-50-37/h5-6,9,11-18,20-21,27-29,39,46H,7-8,10,19,22-26H2,1-4H3,(H2,42,43,48)/t27-,28+,29-,39-/m0/s1. The van der Waals surface area contributed by atoms with Crippen LogP contribution in [0.15, 0.2) is 78.9 Å². The highest BCUT2D eigenvalue weighted by Gasteiger charge is 2.30. The van der Waals surface area contributed by atoms with Gasteiger partial charge in [0.25, 0.3) is 5.91 Å². The average Bonchev–Trinajstić information content (AvgIpc) is 3.61. The van der Waals surface area contributed by atoms with Gasteiger partial charge in [0, 0.05) is 43.2 Å². The Morgan fingerprint density at radius 1 is 0.962 bits per heavy atom. The second-order valence-corrected chi connectivity index (χ2v) is 14.0. The lowest BCUT2D eigenvalue weighted by Crippen LogP contribution is -2.47. The Hall–Kier alpha value is -4.84. The molecule has 0 unspecified atom stereocenters. The third-order valence-electron chi connectivity index (χ3n) is 9.73. The molecule has 0 fully saturated rings. The molecule has 3 amide bonds. The summed E-state index contributed by atoms with van der Waals surface area (Å²) in [5.41, 5.74) is 2.54. The van der Waals surface area contributed by atoms with Gasteiger partial charge in [-0.25, -0.2) is 4.79 Å². The Morgan fingerprint density at radius 2 is 1.75 bits per heavy atom. The summed E-state index contributed by atoms with van der Waals surface area (Å²) in [4.78, 5) is 31.7. The van der Waals surface area contributed by atoms with Crippen molar-refractivity contribution in [2.24, 2.45) is 5.92 Å². The lowest BCUT2D eigenvalue weighted by Gasteiger charge is -2.36. The first-order valence-electron chi connectivity index (χ1n) is 18.2. The number of carbonyl (C=O) groups is 2. The maximum atomic E-state index is 14.5. The largest absolute Gasteiger partial charge is 0.490 e. The van der Waals surface area contributed by atoms with Gasteiger partial charge in [-0.2, -0.15) is 0 Å². The van der Waals surface area contributed by atoms with Crippen molar-refractivity contribution in [1.29, 1.82) is 0 Å². The summed E-state index contributed by atoms with van der Waals surface area (Å²) in [5.74, 6) is 1.58.